The third-order valence-electron chi connectivity index (χ3n) is 6.55. The summed E-state index contributed by atoms with van der Waals surface area (Å²) in [7, 11) is 0. The molecule has 28 heavy (non-hydrogen) atoms. The van der Waals surface area contributed by atoms with Crippen LogP contribution in [0.5, 0.6) is 0 Å². The second-order valence-electron chi connectivity index (χ2n) is 8.73. The maximum Gasteiger partial charge on any atom is 0.342 e. The first-order valence-electron chi connectivity index (χ1n) is 10.8. The number of hydrogen-bond acceptors (Lipinski definition) is 4. The molecule has 0 aromatic rings. The van der Waals surface area contributed by atoms with Crippen LogP contribution in [0.25, 0.3) is 0 Å². The first-order chi connectivity index (χ1) is 13.3. The van der Waals surface area contributed by atoms with E-state index in [0.29, 0.717) is 30.6 Å². The summed E-state index contributed by atoms with van der Waals surface area (Å²) in [5, 5.41) is 8.26. The SMILES string of the molecule is CCCCC(F)(F)[C@H](C)C=C[C@H]1[C@H]2C[C@H](CCCCC(=O)OO)O[C@H]2C[C@H]1C. The van der Waals surface area contributed by atoms with Crippen molar-refractivity contribution < 1.29 is 28.5 Å². The summed E-state index contributed by atoms with van der Waals surface area (Å²) < 4.78 is 34.7. The first kappa shape index (κ1) is 23.3. The van der Waals surface area contributed by atoms with E-state index in [1.54, 1.807) is 13.0 Å². The molecule has 0 unspecified atom stereocenters. The van der Waals surface area contributed by atoms with E-state index < -0.39 is 17.8 Å². The minimum absolute atomic E-state index is 0.0453. The average molecular weight is 403 g/mol. The van der Waals surface area contributed by atoms with Crippen LogP contribution < -0.4 is 0 Å². The predicted octanol–water partition coefficient (Wildman–Crippen LogP) is 6.01. The molecule has 0 aromatic heterocycles. The van der Waals surface area contributed by atoms with Crippen LogP contribution in [0.4, 0.5) is 8.78 Å². The van der Waals surface area contributed by atoms with Crippen LogP contribution in [-0.2, 0) is 14.4 Å². The second kappa shape index (κ2) is 10.7. The highest BCUT2D eigenvalue weighted by Crippen LogP contribution is 2.48. The highest BCUT2D eigenvalue weighted by atomic mass is 19.3. The fraction of sp³-hybridized carbons (Fsp3) is 0.864. The van der Waals surface area contributed by atoms with Gasteiger partial charge in [-0.1, -0.05) is 45.8 Å². The lowest BCUT2D eigenvalue weighted by atomic mass is 9.85. The second-order valence-corrected chi connectivity index (χ2v) is 8.73. The first-order valence-corrected chi connectivity index (χ1v) is 10.8. The smallest absolute Gasteiger partial charge is 0.342 e. The van der Waals surface area contributed by atoms with Gasteiger partial charge in [-0.15, -0.1) is 0 Å². The molecule has 2 aliphatic rings. The molecule has 4 nitrogen and oxygen atoms in total. The van der Waals surface area contributed by atoms with E-state index in [0.717, 1.165) is 32.1 Å². The quantitative estimate of drug-likeness (QED) is 0.199. The van der Waals surface area contributed by atoms with Crippen molar-refractivity contribution in [2.75, 3.05) is 0 Å². The zero-order valence-corrected chi connectivity index (χ0v) is 17.4. The molecule has 0 radical (unpaired) electrons. The predicted molar refractivity (Wildman–Crippen MR) is 104 cm³/mol. The Bertz CT molecular complexity index is 523. The van der Waals surface area contributed by atoms with Gasteiger partial charge >= 0.3 is 5.97 Å². The van der Waals surface area contributed by atoms with E-state index in [4.69, 9.17) is 9.99 Å². The van der Waals surface area contributed by atoms with E-state index in [9.17, 15) is 13.6 Å². The third kappa shape index (κ3) is 6.24. The molecule has 1 saturated heterocycles. The molecule has 6 atom stereocenters. The van der Waals surface area contributed by atoms with Crippen LogP contribution >= 0.6 is 0 Å². The minimum atomic E-state index is -2.64. The van der Waals surface area contributed by atoms with Gasteiger partial charge in [0.2, 0.25) is 0 Å². The Hall–Kier alpha value is -1.01. The molecule has 0 amide bonds. The highest BCUT2D eigenvalue weighted by Gasteiger charge is 2.46. The van der Waals surface area contributed by atoms with Gasteiger partial charge in [-0.2, -0.15) is 5.26 Å². The van der Waals surface area contributed by atoms with Gasteiger partial charge < -0.3 is 9.62 Å². The number of allylic oxidation sites excluding steroid dienone is 2. The van der Waals surface area contributed by atoms with Crippen molar-refractivity contribution in [3.8, 4) is 0 Å². The van der Waals surface area contributed by atoms with Gasteiger partial charge in [0.15, 0.2) is 0 Å². The molecule has 2 fully saturated rings. The van der Waals surface area contributed by atoms with Crippen LogP contribution in [0, 0.1) is 23.7 Å². The topological polar surface area (TPSA) is 55.8 Å². The molecule has 2 rings (SSSR count). The Labute approximate surface area is 167 Å². The third-order valence-corrected chi connectivity index (χ3v) is 6.55. The van der Waals surface area contributed by atoms with Crippen molar-refractivity contribution in [3.05, 3.63) is 12.2 Å². The highest BCUT2D eigenvalue weighted by molar-refractivity contribution is 5.68. The molecular weight excluding hydrogens is 366 g/mol. The normalized spacial score (nSPS) is 31.3. The minimum Gasteiger partial charge on any atom is -0.375 e. The van der Waals surface area contributed by atoms with Crippen molar-refractivity contribution in [1.29, 1.82) is 0 Å². The average Bonchev–Trinajstić information content (AvgIpc) is 3.17. The molecule has 162 valence electrons. The summed E-state index contributed by atoms with van der Waals surface area (Å²) in [6.45, 7) is 5.74. The maximum absolute atomic E-state index is 14.2. The number of hydrogen-bond donors (Lipinski definition) is 1. The Morgan fingerprint density at radius 1 is 1.32 bits per heavy atom. The Morgan fingerprint density at radius 3 is 2.75 bits per heavy atom. The summed E-state index contributed by atoms with van der Waals surface area (Å²) in [5.41, 5.74) is 0. The molecule has 1 heterocycles. The fourth-order valence-electron chi connectivity index (χ4n) is 4.72. The van der Waals surface area contributed by atoms with Crippen LogP contribution in [0.15, 0.2) is 12.2 Å². The molecular formula is C22H36F2O4. The Balaban J connectivity index is 1.83. The number of rotatable bonds is 11. The molecule has 0 bridgehead atoms. The van der Waals surface area contributed by atoms with Crippen LogP contribution in [0.2, 0.25) is 0 Å². The number of halogens is 2. The van der Waals surface area contributed by atoms with E-state index in [1.807, 2.05) is 13.0 Å². The van der Waals surface area contributed by atoms with Gasteiger partial charge in [-0.25, -0.2) is 13.6 Å². The standard InChI is InChI=1S/C22H36F2O4/c1-4-5-12-22(23,24)16(3)10-11-18-15(2)13-20-19(18)14-17(27-20)8-6-7-9-21(25)28-26/h10-11,15-20,26H,4-9,12-14H2,1-3H3/t15-,16-,17+,18-,19-,20+/m1/s1. The van der Waals surface area contributed by atoms with E-state index in [2.05, 4.69) is 11.8 Å². The zero-order valence-electron chi connectivity index (χ0n) is 17.4. The number of ether oxygens (including phenoxy) is 1. The van der Waals surface area contributed by atoms with E-state index in [1.165, 1.54) is 0 Å². The molecule has 0 aromatic carbocycles. The van der Waals surface area contributed by atoms with E-state index in [-0.39, 0.29) is 25.0 Å². The van der Waals surface area contributed by atoms with Crippen LogP contribution in [0.3, 0.4) is 0 Å². The molecule has 1 saturated carbocycles. The van der Waals surface area contributed by atoms with Gasteiger partial charge in [-0.05, 0) is 49.9 Å². The number of unbranched alkanes of at least 4 members (excludes halogenated alkanes) is 2. The van der Waals surface area contributed by atoms with Crippen molar-refractivity contribution in [2.45, 2.75) is 96.7 Å². The monoisotopic (exact) mass is 402 g/mol. The zero-order chi connectivity index (χ0) is 20.7. The summed E-state index contributed by atoms with van der Waals surface area (Å²) in [5.74, 6) is -2.84. The maximum atomic E-state index is 14.2. The number of carbonyl (C=O) groups is 1. The molecule has 1 N–H and O–H groups in total. The van der Waals surface area contributed by atoms with Gasteiger partial charge in [0.25, 0.3) is 5.92 Å². The summed E-state index contributed by atoms with van der Waals surface area (Å²) in [4.78, 5) is 14.6. The Kier molecular flexibility index (Phi) is 8.87. The van der Waals surface area contributed by atoms with Gasteiger partial charge in [0, 0.05) is 18.8 Å². The molecule has 1 aliphatic carbocycles. The largest absolute Gasteiger partial charge is 0.375 e. The molecule has 6 heteroatoms. The number of carbonyl (C=O) groups excluding carboxylic acids is 1. The fourth-order valence-corrected chi connectivity index (χ4v) is 4.72. The van der Waals surface area contributed by atoms with Crippen LogP contribution in [0.1, 0.15) is 78.6 Å². The lowest BCUT2D eigenvalue weighted by Crippen LogP contribution is -2.25. The summed E-state index contributed by atoms with van der Waals surface area (Å²) in [6, 6.07) is 0. The lowest BCUT2D eigenvalue weighted by molar-refractivity contribution is -0.234. The number of alkyl halides is 2. The van der Waals surface area contributed by atoms with Crippen molar-refractivity contribution in [3.63, 3.8) is 0 Å². The lowest BCUT2D eigenvalue weighted by Gasteiger charge is -2.23. The number of fused-ring (bicyclic) bond motifs is 1. The van der Waals surface area contributed by atoms with Crippen molar-refractivity contribution in [2.24, 2.45) is 23.7 Å². The van der Waals surface area contributed by atoms with Gasteiger partial charge in [0.05, 0.1) is 12.2 Å². The molecule has 0 spiro atoms. The van der Waals surface area contributed by atoms with E-state index >= 15 is 0 Å². The van der Waals surface area contributed by atoms with Gasteiger partial charge in [0.1, 0.15) is 0 Å². The molecule has 1 aliphatic heterocycles. The summed E-state index contributed by atoms with van der Waals surface area (Å²) in [6.07, 6.45) is 9.98. The van der Waals surface area contributed by atoms with Crippen molar-refractivity contribution >= 4 is 5.97 Å². The summed E-state index contributed by atoms with van der Waals surface area (Å²) >= 11 is 0. The Morgan fingerprint density at radius 2 is 2.07 bits per heavy atom. The van der Waals surface area contributed by atoms with Crippen LogP contribution in [-0.4, -0.2) is 29.4 Å². The van der Waals surface area contributed by atoms with Crippen molar-refractivity contribution in [1.82, 2.24) is 0 Å². The van der Waals surface area contributed by atoms with Gasteiger partial charge in [-0.3, -0.25) is 0 Å².